The maximum Gasteiger partial charge on any atom is 0.241 e. The van der Waals surface area contributed by atoms with Gasteiger partial charge in [-0.3, -0.25) is 0 Å². The molecule has 0 saturated carbocycles. The van der Waals surface area contributed by atoms with Crippen LogP contribution in [-0.2, 0) is 16.6 Å². The molecule has 1 heterocycles. The quantitative estimate of drug-likeness (QED) is 0.843. The fraction of sp³-hybridized carbons (Fsp3) is 0.250. The van der Waals surface area contributed by atoms with Crippen molar-refractivity contribution in [2.45, 2.75) is 25.3 Å². The summed E-state index contributed by atoms with van der Waals surface area (Å²) in [7, 11) is -3.66. The Morgan fingerprint density at radius 2 is 2.10 bits per heavy atom. The Balaban J connectivity index is 2.27. The summed E-state index contributed by atoms with van der Waals surface area (Å²) in [5.74, 6) is 0. The summed E-state index contributed by atoms with van der Waals surface area (Å²) in [4.78, 5) is 5.03. The lowest BCUT2D eigenvalue weighted by atomic mass is 10.2. The number of benzene rings is 1. The first-order chi connectivity index (χ1) is 9.29. The number of hydrogen-bond donors (Lipinski definition) is 2. The summed E-state index contributed by atoms with van der Waals surface area (Å²) in [6.45, 7) is 3.71. The molecule has 0 aliphatic rings. The van der Waals surface area contributed by atoms with Gasteiger partial charge in [-0.25, -0.2) is 18.1 Å². The Labute approximate surface area is 126 Å². The van der Waals surface area contributed by atoms with Gasteiger partial charge in [-0.2, -0.15) is 0 Å². The van der Waals surface area contributed by atoms with E-state index in [0.29, 0.717) is 16.3 Å². The first-order valence-corrected chi connectivity index (χ1v) is 8.44. The van der Waals surface area contributed by atoms with Crippen LogP contribution in [0.2, 0.25) is 5.02 Å². The van der Waals surface area contributed by atoms with Gasteiger partial charge in [0, 0.05) is 28.3 Å². The number of aryl methyl sites for hydroxylation is 1. The maximum atomic E-state index is 12.3. The largest absolute Gasteiger partial charge is 0.398 e. The zero-order chi connectivity index (χ0) is 14.9. The number of nitrogens with two attached hydrogens (primary N) is 1. The molecule has 0 fully saturated rings. The van der Waals surface area contributed by atoms with Gasteiger partial charge < -0.3 is 5.73 Å². The molecule has 3 N–H and O–H groups in total. The van der Waals surface area contributed by atoms with Crippen LogP contribution in [0, 0.1) is 13.8 Å². The van der Waals surface area contributed by atoms with E-state index in [-0.39, 0.29) is 11.4 Å². The first kappa shape index (κ1) is 15.2. The second-order valence-electron chi connectivity index (χ2n) is 4.29. The Bertz CT molecular complexity index is 741. The number of nitrogen functional groups attached to an aromatic ring is 1. The van der Waals surface area contributed by atoms with Crippen LogP contribution in [0.5, 0.6) is 0 Å². The minimum Gasteiger partial charge on any atom is -0.398 e. The molecule has 1 aromatic carbocycles. The summed E-state index contributed by atoms with van der Waals surface area (Å²) in [6, 6.07) is 2.93. The topological polar surface area (TPSA) is 85.1 Å². The van der Waals surface area contributed by atoms with Crippen molar-refractivity contribution < 1.29 is 8.42 Å². The van der Waals surface area contributed by atoms with E-state index >= 15 is 0 Å². The van der Waals surface area contributed by atoms with Gasteiger partial charge in [-0.15, -0.1) is 11.3 Å². The molecule has 20 heavy (non-hydrogen) atoms. The number of hydrogen-bond acceptors (Lipinski definition) is 5. The van der Waals surface area contributed by atoms with E-state index in [0.717, 1.165) is 9.88 Å². The van der Waals surface area contributed by atoms with Crippen LogP contribution in [-0.4, -0.2) is 13.4 Å². The number of nitrogens with one attached hydrogen (secondary N) is 1. The smallest absolute Gasteiger partial charge is 0.241 e. The molecule has 0 saturated heterocycles. The molecule has 2 aromatic rings. The Hall–Kier alpha value is -1.15. The highest BCUT2D eigenvalue weighted by Gasteiger charge is 2.19. The highest BCUT2D eigenvalue weighted by atomic mass is 35.5. The molecule has 8 heteroatoms. The standard InChI is InChI=1S/C12H14ClN3O2S2/c1-7-11(14)3-9(13)4-12(7)20(17,18)16-6-10-5-15-8(2)19-10/h3-5,16H,6,14H2,1-2H3. The third kappa shape index (κ3) is 3.29. The van der Waals surface area contributed by atoms with Gasteiger partial charge in [0.25, 0.3) is 0 Å². The van der Waals surface area contributed by atoms with Crippen molar-refractivity contribution in [3.63, 3.8) is 0 Å². The fourth-order valence-electron chi connectivity index (χ4n) is 1.68. The normalized spacial score (nSPS) is 11.8. The van der Waals surface area contributed by atoms with Crippen LogP contribution in [0.4, 0.5) is 5.69 Å². The molecule has 0 radical (unpaired) electrons. The Morgan fingerprint density at radius 1 is 1.40 bits per heavy atom. The van der Waals surface area contributed by atoms with Crippen molar-refractivity contribution >= 4 is 38.6 Å². The molecule has 108 valence electrons. The van der Waals surface area contributed by atoms with Gasteiger partial charge in [0.15, 0.2) is 0 Å². The third-order valence-corrected chi connectivity index (χ3v) is 5.42. The van der Waals surface area contributed by atoms with Gasteiger partial charge >= 0.3 is 0 Å². The van der Waals surface area contributed by atoms with E-state index in [2.05, 4.69) is 9.71 Å². The van der Waals surface area contributed by atoms with Gasteiger partial charge in [-0.1, -0.05) is 11.6 Å². The molecule has 0 aliphatic carbocycles. The summed E-state index contributed by atoms with van der Waals surface area (Å²) >= 11 is 7.31. The van der Waals surface area contributed by atoms with Gasteiger partial charge in [-0.05, 0) is 31.5 Å². The molecule has 0 aliphatic heterocycles. The summed E-state index contributed by atoms with van der Waals surface area (Å²) in [5.41, 5.74) is 6.59. The molecule has 0 amide bonds. The van der Waals surface area contributed by atoms with Crippen molar-refractivity contribution in [1.82, 2.24) is 9.71 Å². The third-order valence-electron chi connectivity index (χ3n) is 2.76. The maximum absolute atomic E-state index is 12.3. The number of thiazole rings is 1. The monoisotopic (exact) mass is 331 g/mol. The number of sulfonamides is 1. The van der Waals surface area contributed by atoms with Crippen LogP contribution >= 0.6 is 22.9 Å². The minimum absolute atomic E-state index is 0.101. The first-order valence-electron chi connectivity index (χ1n) is 5.76. The zero-order valence-electron chi connectivity index (χ0n) is 11.0. The number of nitrogens with zero attached hydrogens (tertiary/aromatic N) is 1. The van der Waals surface area contributed by atoms with Gasteiger partial charge in [0.1, 0.15) is 0 Å². The Kier molecular flexibility index (Phi) is 4.33. The van der Waals surface area contributed by atoms with Crippen molar-refractivity contribution in [1.29, 1.82) is 0 Å². The number of aromatic nitrogens is 1. The van der Waals surface area contributed by atoms with Crippen molar-refractivity contribution in [3.05, 3.63) is 38.8 Å². The zero-order valence-corrected chi connectivity index (χ0v) is 13.4. The summed E-state index contributed by atoms with van der Waals surface area (Å²) < 4.78 is 27.1. The average molecular weight is 332 g/mol. The molecule has 5 nitrogen and oxygen atoms in total. The predicted octanol–water partition coefficient (Wildman–Crippen LogP) is 2.47. The molecule has 0 spiro atoms. The number of anilines is 1. The van der Waals surface area contributed by atoms with Crippen LogP contribution < -0.4 is 10.5 Å². The van der Waals surface area contributed by atoms with Gasteiger partial charge in [0.2, 0.25) is 10.0 Å². The molecular formula is C12H14ClN3O2S2. The number of rotatable bonds is 4. The average Bonchev–Trinajstić information content (AvgIpc) is 2.77. The highest BCUT2D eigenvalue weighted by Crippen LogP contribution is 2.26. The van der Waals surface area contributed by atoms with E-state index in [1.807, 2.05) is 6.92 Å². The highest BCUT2D eigenvalue weighted by molar-refractivity contribution is 7.89. The van der Waals surface area contributed by atoms with E-state index in [4.69, 9.17) is 17.3 Å². The van der Waals surface area contributed by atoms with E-state index in [1.165, 1.54) is 23.5 Å². The Morgan fingerprint density at radius 3 is 2.70 bits per heavy atom. The summed E-state index contributed by atoms with van der Waals surface area (Å²) in [6.07, 6.45) is 1.65. The molecular weight excluding hydrogens is 318 g/mol. The van der Waals surface area contributed by atoms with E-state index < -0.39 is 10.0 Å². The molecule has 0 atom stereocenters. The molecule has 0 unspecified atom stereocenters. The fourth-order valence-corrected chi connectivity index (χ4v) is 4.11. The molecule has 2 rings (SSSR count). The van der Waals surface area contributed by atoms with Gasteiger partial charge in [0.05, 0.1) is 9.90 Å². The second-order valence-corrected chi connectivity index (χ2v) is 7.78. The van der Waals surface area contributed by atoms with Crippen LogP contribution in [0.15, 0.2) is 23.2 Å². The summed E-state index contributed by atoms with van der Waals surface area (Å²) in [5, 5.41) is 1.18. The van der Waals surface area contributed by atoms with E-state index in [9.17, 15) is 8.42 Å². The van der Waals surface area contributed by atoms with E-state index in [1.54, 1.807) is 13.1 Å². The molecule has 0 bridgehead atoms. The molecule has 1 aromatic heterocycles. The lowest BCUT2D eigenvalue weighted by Gasteiger charge is -2.11. The lowest BCUT2D eigenvalue weighted by Crippen LogP contribution is -2.24. The lowest BCUT2D eigenvalue weighted by molar-refractivity contribution is 0.581. The van der Waals surface area contributed by atoms with Crippen molar-refractivity contribution in [2.75, 3.05) is 5.73 Å². The minimum atomic E-state index is -3.66. The van der Waals surface area contributed by atoms with Crippen molar-refractivity contribution in [2.24, 2.45) is 0 Å². The van der Waals surface area contributed by atoms with Crippen molar-refractivity contribution in [3.8, 4) is 0 Å². The SMILES string of the molecule is Cc1ncc(CNS(=O)(=O)c2cc(Cl)cc(N)c2C)s1. The number of halogens is 1. The second kappa shape index (κ2) is 5.69. The predicted molar refractivity (Wildman–Crippen MR) is 81.5 cm³/mol. The van der Waals surface area contributed by atoms with Crippen LogP contribution in [0.1, 0.15) is 15.4 Å². The van der Waals surface area contributed by atoms with Crippen LogP contribution in [0.25, 0.3) is 0 Å². The van der Waals surface area contributed by atoms with Crippen LogP contribution in [0.3, 0.4) is 0 Å².